The molecule has 1 aromatic carbocycles. The van der Waals surface area contributed by atoms with Crippen molar-refractivity contribution in [1.29, 1.82) is 0 Å². The fourth-order valence-electron chi connectivity index (χ4n) is 2.38. The van der Waals surface area contributed by atoms with Gasteiger partial charge in [-0.1, -0.05) is 31.0 Å². The lowest BCUT2D eigenvalue weighted by Gasteiger charge is -2.17. The third kappa shape index (κ3) is 1.87. The Labute approximate surface area is 100 Å². The Bertz CT molecular complexity index is 484. The van der Waals surface area contributed by atoms with Crippen LogP contribution in [0.15, 0.2) is 29.6 Å². The average Bonchev–Trinajstić information content (AvgIpc) is 3.00. The summed E-state index contributed by atoms with van der Waals surface area (Å²) in [5.74, 6) is 0.965. The van der Waals surface area contributed by atoms with Gasteiger partial charge in [0.2, 0.25) is 0 Å². The SMILES string of the molecule is CNC(CC1CC1)c1cccc2ccsc12. The van der Waals surface area contributed by atoms with Crippen molar-refractivity contribution in [2.24, 2.45) is 5.92 Å². The fraction of sp³-hybridized carbons (Fsp3) is 0.429. The van der Waals surface area contributed by atoms with Crippen molar-refractivity contribution in [2.45, 2.75) is 25.3 Å². The largest absolute Gasteiger partial charge is 0.313 e. The summed E-state index contributed by atoms with van der Waals surface area (Å²) in [6.45, 7) is 0. The first-order valence-electron chi connectivity index (χ1n) is 6.02. The molecule has 2 aromatic rings. The molecule has 1 aliphatic rings. The van der Waals surface area contributed by atoms with Crippen molar-refractivity contribution in [3.8, 4) is 0 Å². The van der Waals surface area contributed by atoms with Crippen LogP contribution < -0.4 is 5.32 Å². The first-order chi connectivity index (χ1) is 7.88. The molecule has 1 atom stereocenters. The Morgan fingerprint density at radius 3 is 3.00 bits per heavy atom. The zero-order valence-corrected chi connectivity index (χ0v) is 10.4. The van der Waals surface area contributed by atoms with Gasteiger partial charge in [0.15, 0.2) is 0 Å². The number of benzene rings is 1. The van der Waals surface area contributed by atoms with E-state index in [4.69, 9.17) is 0 Å². The smallest absolute Gasteiger partial charge is 0.0390 e. The fourth-order valence-corrected chi connectivity index (χ4v) is 3.35. The molecule has 1 nitrogen and oxygen atoms in total. The number of fused-ring (bicyclic) bond motifs is 1. The number of thiophene rings is 1. The van der Waals surface area contributed by atoms with Gasteiger partial charge in [0, 0.05) is 10.7 Å². The van der Waals surface area contributed by atoms with Crippen molar-refractivity contribution >= 4 is 21.4 Å². The minimum Gasteiger partial charge on any atom is -0.313 e. The van der Waals surface area contributed by atoms with Crippen molar-refractivity contribution in [1.82, 2.24) is 5.32 Å². The minimum atomic E-state index is 0.537. The van der Waals surface area contributed by atoms with Crippen LogP contribution in [0.2, 0.25) is 0 Å². The van der Waals surface area contributed by atoms with Crippen LogP contribution >= 0.6 is 11.3 Å². The lowest BCUT2D eigenvalue weighted by Crippen LogP contribution is -2.16. The molecule has 1 N–H and O–H groups in total. The van der Waals surface area contributed by atoms with Gasteiger partial charge in [-0.3, -0.25) is 0 Å². The molecule has 1 saturated carbocycles. The van der Waals surface area contributed by atoms with Gasteiger partial charge < -0.3 is 5.32 Å². The molecule has 1 heterocycles. The summed E-state index contributed by atoms with van der Waals surface area (Å²) >= 11 is 1.87. The van der Waals surface area contributed by atoms with Crippen LogP contribution in [0.1, 0.15) is 30.9 Å². The van der Waals surface area contributed by atoms with Crippen LogP contribution in [0, 0.1) is 5.92 Å². The van der Waals surface area contributed by atoms with Gasteiger partial charge in [0.05, 0.1) is 0 Å². The van der Waals surface area contributed by atoms with Crippen LogP contribution in [0.5, 0.6) is 0 Å². The van der Waals surface area contributed by atoms with E-state index < -0.39 is 0 Å². The number of rotatable bonds is 4. The van der Waals surface area contributed by atoms with E-state index in [1.807, 2.05) is 11.3 Å². The molecule has 0 amide bonds. The van der Waals surface area contributed by atoms with E-state index >= 15 is 0 Å². The van der Waals surface area contributed by atoms with E-state index in [9.17, 15) is 0 Å². The van der Waals surface area contributed by atoms with Crippen LogP contribution in [0.25, 0.3) is 10.1 Å². The Morgan fingerprint density at radius 2 is 2.25 bits per heavy atom. The topological polar surface area (TPSA) is 12.0 Å². The number of nitrogens with one attached hydrogen (secondary N) is 1. The highest BCUT2D eigenvalue weighted by atomic mass is 32.1. The highest BCUT2D eigenvalue weighted by Gasteiger charge is 2.26. The Morgan fingerprint density at radius 1 is 1.38 bits per heavy atom. The lowest BCUT2D eigenvalue weighted by atomic mass is 10.0. The molecule has 1 aromatic heterocycles. The summed E-state index contributed by atoms with van der Waals surface area (Å²) in [5.41, 5.74) is 1.49. The molecule has 1 fully saturated rings. The molecular formula is C14H17NS. The molecule has 0 bridgehead atoms. The quantitative estimate of drug-likeness (QED) is 0.839. The number of hydrogen-bond acceptors (Lipinski definition) is 2. The highest BCUT2D eigenvalue weighted by molar-refractivity contribution is 7.17. The molecule has 2 heteroatoms. The predicted molar refractivity (Wildman–Crippen MR) is 71.0 cm³/mol. The predicted octanol–water partition coefficient (Wildman–Crippen LogP) is 3.96. The molecule has 1 aliphatic carbocycles. The van der Waals surface area contributed by atoms with E-state index in [1.54, 1.807) is 0 Å². The van der Waals surface area contributed by atoms with E-state index in [1.165, 1.54) is 34.9 Å². The first kappa shape index (κ1) is 10.3. The second-order valence-electron chi connectivity index (χ2n) is 4.71. The summed E-state index contributed by atoms with van der Waals surface area (Å²) in [6, 6.07) is 9.42. The first-order valence-corrected chi connectivity index (χ1v) is 6.90. The molecule has 0 spiro atoms. The maximum absolute atomic E-state index is 3.48. The van der Waals surface area contributed by atoms with Crippen molar-refractivity contribution in [3.05, 3.63) is 35.2 Å². The molecule has 0 aliphatic heterocycles. The van der Waals surface area contributed by atoms with E-state index in [-0.39, 0.29) is 0 Å². The van der Waals surface area contributed by atoms with Crippen LogP contribution in [-0.4, -0.2) is 7.05 Å². The third-order valence-electron chi connectivity index (χ3n) is 3.50. The summed E-state index contributed by atoms with van der Waals surface area (Å²) in [6.07, 6.45) is 4.16. The lowest BCUT2D eigenvalue weighted by molar-refractivity contribution is 0.518. The van der Waals surface area contributed by atoms with Gasteiger partial charge in [-0.25, -0.2) is 0 Å². The normalized spacial score (nSPS) is 17.8. The molecule has 84 valence electrons. The molecule has 0 saturated heterocycles. The third-order valence-corrected chi connectivity index (χ3v) is 4.48. The van der Waals surface area contributed by atoms with E-state index in [2.05, 4.69) is 42.0 Å². The second-order valence-corrected chi connectivity index (χ2v) is 5.62. The van der Waals surface area contributed by atoms with Crippen LogP contribution in [0.4, 0.5) is 0 Å². The maximum atomic E-state index is 3.48. The van der Waals surface area contributed by atoms with E-state index in [0.717, 1.165) is 5.92 Å². The molecule has 1 unspecified atom stereocenters. The standard InChI is InChI=1S/C14H17NS/c1-15-13(9-10-5-6-10)12-4-2-3-11-7-8-16-14(11)12/h2-4,7-8,10,13,15H,5-6,9H2,1H3. The monoisotopic (exact) mass is 231 g/mol. The molecule has 0 radical (unpaired) electrons. The van der Waals surface area contributed by atoms with Gasteiger partial charge in [-0.15, -0.1) is 11.3 Å². The Hall–Kier alpha value is -0.860. The summed E-state index contributed by atoms with van der Waals surface area (Å²) in [4.78, 5) is 0. The van der Waals surface area contributed by atoms with E-state index in [0.29, 0.717) is 6.04 Å². The Balaban J connectivity index is 1.97. The second kappa shape index (κ2) is 4.19. The summed E-state index contributed by atoms with van der Waals surface area (Å²) in [5, 5.41) is 7.06. The molecular weight excluding hydrogens is 214 g/mol. The maximum Gasteiger partial charge on any atom is 0.0390 e. The van der Waals surface area contributed by atoms with Crippen LogP contribution in [0.3, 0.4) is 0 Å². The van der Waals surface area contributed by atoms with Crippen LogP contribution in [-0.2, 0) is 0 Å². The molecule has 3 rings (SSSR count). The zero-order chi connectivity index (χ0) is 11.0. The summed E-state index contributed by atoms with van der Waals surface area (Å²) in [7, 11) is 2.08. The average molecular weight is 231 g/mol. The molecule has 16 heavy (non-hydrogen) atoms. The minimum absolute atomic E-state index is 0.537. The van der Waals surface area contributed by atoms with Gasteiger partial charge in [-0.2, -0.15) is 0 Å². The number of hydrogen-bond donors (Lipinski definition) is 1. The van der Waals surface area contributed by atoms with Gasteiger partial charge in [0.1, 0.15) is 0 Å². The van der Waals surface area contributed by atoms with Crippen molar-refractivity contribution in [2.75, 3.05) is 7.05 Å². The van der Waals surface area contributed by atoms with Gasteiger partial charge in [-0.05, 0) is 41.8 Å². The highest BCUT2D eigenvalue weighted by Crippen LogP contribution is 2.39. The van der Waals surface area contributed by atoms with Gasteiger partial charge >= 0.3 is 0 Å². The van der Waals surface area contributed by atoms with Crippen molar-refractivity contribution < 1.29 is 0 Å². The van der Waals surface area contributed by atoms with Crippen molar-refractivity contribution in [3.63, 3.8) is 0 Å². The zero-order valence-electron chi connectivity index (χ0n) is 9.57. The Kier molecular flexibility index (Phi) is 2.70. The summed E-state index contributed by atoms with van der Waals surface area (Å²) < 4.78 is 1.46. The van der Waals surface area contributed by atoms with Gasteiger partial charge in [0.25, 0.3) is 0 Å².